The molecule has 0 spiro atoms. The van der Waals surface area contributed by atoms with E-state index in [1.54, 1.807) is 0 Å². The van der Waals surface area contributed by atoms with Gasteiger partial charge in [0.2, 0.25) is 0 Å². The van der Waals surface area contributed by atoms with Crippen molar-refractivity contribution in [1.82, 2.24) is 9.13 Å². The number of thiophene rings is 1. The van der Waals surface area contributed by atoms with Crippen LogP contribution in [0, 0.1) is 0 Å². The third-order valence-corrected chi connectivity index (χ3v) is 18.2. The molecule has 0 N–H and O–H groups in total. The van der Waals surface area contributed by atoms with Gasteiger partial charge in [0.05, 0.1) is 26.8 Å². The average Bonchev–Trinajstić information content (AvgIpc) is 3.96. The molecule has 0 aliphatic rings. The maximum atomic E-state index is 2.53. The standard InChI is InChI=1S/C54H36N2SSi/c1-3-17-39(18-4-1)58(40-19-5-2-6-20-40,41-32-30-37(31-33-41)55-49-26-11-7-22-43(49)44-23-8-12-27-50(44)55)42-21-15-16-38(36-42)56-51-28-13-9-24-45(51)47-34-35-48-46-25-10-14-29-52(46)57-54(48)53(47)56/h1-36H. The Hall–Kier alpha value is -6.98. The van der Waals surface area contributed by atoms with Crippen LogP contribution in [0.4, 0.5) is 0 Å². The van der Waals surface area contributed by atoms with E-state index in [9.17, 15) is 0 Å². The smallest absolute Gasteiger partial charge is 0.179 e. The fourth-order valence-corrected chi connectivity index (χ4v) is 15.8. The van der Waals surface area contributed by atoms with Gasteiger partial charge in [-0.3, -0.25) is 0 Å². The van der Waals surface area contributed by atoms with Crippen LogP contribution in [0.1, 0.15) is 0 Å². The molecule has 9 aromatic carbocycles. The molecule has 4 heteroatoms. The molecule has 0 bridgehead atoms. The van der Waals surface area contributed by atoms with E-state index >= 15 is 0 Å². The Balaban J connectivity index is 1.13. The van der Waals surface area contributed by atoms with Crippen molar-refractivity contribution in [2.75, 3.05) is 0 Å². The molecule has 12 rings (SSSR count). The van der Waals surface area contributed by atoms with E-state index in [1.807, 2.05) is 11.3 Å². The highest BCUT2D eigenvalue weighted by Crippen LogP contribution is 2.43. The zero-order chi connectivity index (χ0) is 38.2. The van der Waals surface area contributed by atoms with Gasteiger partial charge in [-0.05, 0) is 69.3 Å². The predicted molar refractivity (Wildman–Crippen MR) is 252 cm³/mol. The third-order valence-electron chi connectivity index (χ3n) is 12.3. The van der Waals surface area contributed by atoms with Gasteiger partial charge in [-0.2, -0.15) is 0 Å². The number of benzene rings is 9. The number of rotatable bonds is 6. The van der Waals surface area contributed by atoms with Gasteiger partial charge in [0.15, 0.2) is 8.07 Å². The highest BCUT2D eigenvalue weighted by molar-refractivity contribution is 7.26. The van der Waals surface area contributed by atoms with Crippen LogP contribution in [-0.4, -0.2) is 17.2 Å². The van der Waals surface area contributed by atoms with Crippen LogP contribution in [0.2, 0.25) is 0 Å². The summed E-state index contributed by atoms with van der Waals surface area (Å²) in [5.41, 5.74) is 7.28. The second-order valence-electron chi connectivity index (χ2n) is 15.2. The molecule has 12 aromatic rings. The van der Waals surface area contributed by atoms with Crippen LogP contribution >= 0.6 is 11.3 Å². The summed E-state index contributed by atoms with van der Waals surface area (Å²) in [4.78, 5) is 0. The lowest BCUT2D eigenvalue weighted by molar-refractivity contribution is 1.18. The lowest BCUT2D eigenvalue weighted by atomic mass is 10.1. The Morgan fingerprint density at radius 1 is 0.310 bits per heavy atom. The zero-order valence-corrected chi connectivity index (χ0v) is 33.4. The first-order chi connectivity index (χ1) is 28.8. The lowest BCUT2D eigenvalue weighted by Crippen LogP contribution is -2.74. The van der Waals surface area contributed by atoms with Crippen molar-refractivity contribution < 1.29 is 0 Å². The summed E-state index contributed by atoms with van der Waals surface area (Å²) in [6, 6.07) is 81.5. The van der Waals surface area contributed by atoms with Crippen molar-refractivity contribution in [1.29, 1.82) is 0 Å². The van der Waals surface area contributed by atoms with Crippen LogP contribution in [-0.2, 0) is 0 Å². The molecular formula is C54H36N2SSi. The third kappa shape index (κ3) is 4.76. The molecule has 272 valence electrons. The van der Waals surface area contributed by atoms with Crippen molar-refractivity contribution in [2.45, 2.75) is 0 Å². The second kappa shape index (κ2) is 13.0. The minimum Gasteiger partial charge on any atom is -0.309 e. The minimum atomic E-state index is -2.89. The van der Waals surface area contributed by atoms with Crippen molar-refractivity contribution in [3.05, 3.63) is 218 Å². The van der Waals surface area contributed by atoms with Crippen molar-refractivity contribution in [3.63, 3.8) is 0 Å². The molecule has 58 heavy (non-hydrogen) atoms. The summed E-state index contributed by atoms with van der Waals surface area (Å²) in [5.74, 6) is 0. The van der Waals surface area contributed by atoms with E-state index in [-0.39, 0.29) is 0 Å². The van der Waals surface area contributed by atoms with Crippen LogP contribution in [0.25, 0.3) is 75.2 Å². The number of hydrogen-bond acceptors (Lipinski definition) is 1. The molecule has 0 aliphatic carbocycles. The van der Waals surface area contributed by atoms with Crippen molar-refractivity contribution in [2.24, 2.45) is 0 Å². The molecule has 3 heterocycles. The van der Waals surface area contributed by atoms with Crippen molar-refractivity contribution >= 4 is 104 Å². The monoisotopic (exact) mass is 772 g/mol. The number of fused-ring (bicyclic) bond motifs is 10. The van der Waals surface area contributed by atoms with E-state index in [1.165, 1.54) is 90.2 Å². The predicted octanol–water partition coefficient (Wildman–Crippen LogP) is 11.6. The van der Waals surface area contributed by atoms with Gasteiger partial charge in [0.1, 0.15) is 0 Å². The topological polar surface area (TPSA) is 9.86 Å². The van der Waals surface area contributed by atoms with Crippen LogP contribution in [0.3, 0.4) is 0 Å². The van der Waals surface area contributed by atoms with E-state index in [2.05, 4.69) is 228 Å². The van der Waals surface area contributed by atoms with E-state index < -0.39 is 8.07 Å². The summed E-state index contributed by atoms with van der Waals surface area (Å²) in [6.07, 6.45) is 0. The highest BCUT2D eigenvalue weighted by Gasteiger charge is 2.41. The Kier molecular flexibility index (Phi) is 7.46. The Bertz CT molecular complexity index is 3410. The summed E-state index contributed by atoms with van der Waals surface area (Å²) >= 11 is 1.90. The Labute approximate surface area is 341 Å². The van der Waals surface area contributed by atoms with Gasteiger partial charge in [-0.15, -0.1) is 11.3 Å². The molecule has 0 amide bonds. The first-order valence-electron chi connectivity index (χ1n) is 19.9. The molecule has 0 radical (unpaired) electrons. The number of nitrogens with zero attached hydrogens (tertiary/aromatic N) is 2. The highest BCUT2D eigenvalue weighted by atomic mass is 32.1. The second-order valence-corrected chi connectivity index (χ2v) is 20.1. The molecule has 0 atom stereocenters. The number of aromatic nitrogens is 2. The lowest BCUT2D eigenvalue weighted by Gasteiger charge is -2.35. The largest absolute Gasteiger partial charge is 0.309 e. The molecule has 2 nitrogen and oxygen atoms in total. The summed E-state index contributed by atoms with van der Waals surface area (Å²) in [6.45, 7) is 0. The van der Waals surface area contributed by atoms with Crippen molar-refractivity contribution in [3.8, 4) is 11.4 Å². The minimum absolute atomic E-state index is 1.16. The summed E-state index contributed by atoms with van der Waals surface area (Å²) < 4.78 is 7.60. The molecular weight excluding hydrogens is 737 g/mol. The van der Waals surface area contributed by atoms with Gasteiger partial charge in [-0.1, -0.05) is 170 Å². The maximum absolute atomic E-state index is 2.89. The summed E-state index contributed by atoms with van der Waals surface area (Å²) in [5, 5.41) is 13.2. The van der Waals surface area contributed by atoms with Gasteiger partial charge in [0.25, 0.3) is 0 Å². The summed E-state index contributed by atoms with van der Waals surface area (Å²) in [7, 11) is -2.89. The fraction of sp³-hybridized carbons (Fsp3) is 0. The maximum Gasteiger partial charge on any atom is 0.179 e. The van der Waals surface area contributed by atoms with Gasteiger partial charge in [0, 0.05) is 48.4 Å². The molecule has 0 saturated carbocycles. The quantitative estimate of drug-likeness (QED) is 0.118. The first kappa shape index (κ1) is 33.2. The van der Waals surface area contributed by atoms with Gasteiger partial charge in [-0.25, -0.2) is 0 Å². The Morgan fingerprint density at radius 2 is 0.793 bits per heavy atom. The number of hydrogen-bond donors (Lipinski definition) is 0. The normalized spacial score (nSPS) is 12.1. The van der Waals surface area contributed by atoms with Gasteiger partial charge < -0.3 is 9.13 Å². The van der Waals surface area contributed by atoms with E-state index in [0.717, 1.165) is 5.69 Å². The Morgan fingerprint density at radius 3 is 1.43 bits per heavy atom. The zero-order valence-electron chi connectivity index (χ0n) is 31.6. The SMILES string of the molecule is c1ccc([Si](c2ccccc2)(c2ccc(-n3c4ccccc4c4ccccc43)cc2)c2cccc(-n3c4ccccc4c4ccc5c6ccccc6sc5c43)c2)cc1. The van der Waals surface area contributed by atoms with Gasteiger partial charge >= 0.3 is 0 Å². The average molecular weight is 773 g/mol. The van der Waals surface area contributed by atoms with Crippen LogP contribution < -0.4 is 20.7 Å². The van der Waals surface area contributed by atoms with Crippen LogP contribution in [0.5, 0.6) is 0 Å². The first-order valence-corrected chi connectivity index (χ1v) is 22.8. The molecule has 0 saturated heterocycles. The fourth-order valence-electron chi connectivity index (χ4n) is 9.81. The van der Waals surface area contributed by atoms with E-state index in [0.29, 0.717) is 0 Å². The molecule has 0 unspecified atom stereocenters. The van der Waals surface area contributed by atoms with E-state index in [4.69, 9.17) is 0 Å². The molecule has 3 aromatic heterocycles. The number of para-hydroxylation sites is 3. The molecule has 0 fully saturated rings. The molecule has 0 aliphatic heterocycles. The van der Waals surface area contributed by atoms with Crippen LogP contribution in [0.15, 0.2) is 218 Å².